The Hall–Kier alpha value is -1.47. The molecule has 164 valence electrons. The fraction of sp³-hybridized carbons (Fsp3) is 0.381. The summed E-state index contributed by atoms with van der Waals surface area (Å²) in [6.07, 6.45) is 2.23. The van der Waals surface area contributed by atoms with Crippen LogP contribution in [0, 0.1) is 0 Å². The molecular weight excluding hydrogens is 471 g/mol. The van der Waals surface area contributed by atoms with E-state index in [0.717, 1.165) is 17.4 Å². The Morgan fingerprint density at radius 3 is 2.57 bits per heavy atom. The van der Waals surface area contributed by atoms with Crippen molar-refractivity contribution in [2.45, 2.75) is 19.3 Å². The van der Waals surface area contributed by atoms with Gasteiger partial charge in [-0.2, -0.15) is 0 Å². The first-order chi connectivity index (χ1) is 14.2. The fourth-order valence-electron chi connectivity index (χ4n) is 2.57. The number of hydrogen-bond acceptors (Lipinski definition) is 5. The molecule has 0 heterocycles. The van der Waals surface area contributed by atoms with Crippen LogP contribution < -0.4 is 9.47 Å². The molecule has 0 radical (unpaired) electrons. The zero-order valence-corrected chi connectivity index (χ0v) is 19.6. The normalized spacial score (nSPS) is 11.3. The number of rotatable bonds is 12. The van der Waals surface area contributed by atoms with E-state index >= 15 is 0 Å². The first kappa shape index (κ1) is 24.8. The molecule has 0 saturated heterocycles. The van der Waals surface area contributed by atoms with Gasteiger partial charge in [0.2, 0.25) is 0 Å². The second-order valence-electron chi connectivity index (χ2n) is 6.77. The number of carbonyl (C=O) groups is 1. The van der Waals surface area contributed by atoms with E-state index in [1.165, 1.54) is 0 Å². The molecule has 2 aromatic carbocycles. The minimum Gasteiger partial charge on any atom is -0.490 e. The second kappa shape index (κ2) is 11.8. The van der Waals surface area contributed by atoms with Crippen LogP contribution in [0.1, 0.15) is 24.0 Å². The summed E-state index contributed by atoms with van der Waals surface area (Å²) in [5, 5.41) is 0.877. The van der Waals surface area contributed by atoms with Crippen molar-refractivity contribution in [3.63, 3.8) is 0 Å². The van der Waals surface area contributed by atoms with Gasteiger partial charge < -0.3 is 9.47 Å². The van der Waals surface area contributed by atoms with Gasteiger partial charge in [-0.1, -0.05) is 41.4 Å². The number of benzene rings is 2. The minimum atomic E-state index is -3.18. The van der Waals surface area contributed by atoms with Crippen molar-refractivity contribution in [3.05, 3.63) is 57.6 Å². The quantitative estimate of drug-likeness (QED) is 0.308. The summed E-state index contributed by atoms with van der Waals surface area (Å²) in [5.74, 6) is 0.983. The fourth-order valence-corrected chi connectivity index (χ4v) is 3.83. The van der Waals surface area contributed by atoms with Gasteiger partial charge in [0.05, 0.1) is 22.4 Å². The van der Waals surface area contributed by atoms with Gasteiger partial charge >= 0.3 is 0 Å². The summed E-state index contributed by atoms with van der Waals surface area (Å²) in [6.45, 7) is 0.238. The van der Waals surface area contributed by atoms with Crippen LogP contribution in [-0.4, -0.2) is 45.3 Å². The molecule has 0 aliphatic heterocycles. The monoisotopic (exact) mass is 492 g/mol. The first-order valence-electron chi connectivity index (χ1n) is 9.26. The number of hydrogen-bond donors (Lipinski definition) is 0. The van der Waals surface area contributed by atoms with Crippen molar-refractivity contribution in [2.24, 2.45) is 0 Å². The van der Waals surface area contributed by atoms with E-state index in [1.807, 2.05) is 24.3 Å². The van der Waals surface area contributed by atoms with Gasteiger partial charge in [0.25, 0.3) is 0 Å². The van der Waals surface area contributed by atoms with Crippen LogP contribution in [-0.2, 0) is 21.1 Å². The van der Waals surface area contributed by atoms with Gasteiger partial charge in [0, 0.05) is 18.6 Å². The third-order valence-corrected chi connectivity index (χ3v) is 6.02. The molecule has 9 heteroatoms. The van der Waals surface area contributed by atoms with Gasteiger partial charge in [-0.05, 0) is 42.2 Å². The number of ketones is 1. The molecule has 0 atom stereocenters. The van der Waals surface area contributed by atoms with Gasteiger partial charge in [-0.15, -0.1) is 11.6 Å². The highest BCUT2D eigenvalue weighted by molar-refractivity contribution is 7.90. The van der Waals surface area contributed by atoms with Crippen LogP contribution in [0.15, 0.2) is 36.4 Å². The summed E-state index contributed by atoms with van der Waals surface area (Å²) < 4.78 is 33.5. The number of alkyl halides is 1. The van der Waals surface area contributed by atoms with E-state index in [4.69, 9.17) is 44.3 Å². The highest BCUT2D eigenvalue weighted by Crippen LogP contribution is 2.36. The number of halogens is 3. The molecule has 30 heavy (non-hydrogen) atoms. The maximum absolute atomic E-state index is 11.8. The van der Waals surface area contributed by atoms with Crippen molar-refractivity contribution in [1.29, 1.82) is 0 Å². The molecule has 5 nitrogen and oxygen atoms in total. The summed E-state index contributed by atoms with van der Waals surface area (Å²) in [4.78, 5) is 11.8. The predicted molar refractivity (Wildman–Crippen MR) is 121 cm³/mol. The van der Waals surface area contributed by atoms with E-state index in [0.29, 0.717) is 46.9 Å². The van der Waals surface area contributed by atoms with Gasteiger partial charge in [0.1, 0.15) is 22.2 Å². The lowest BCUT2D eigenvalue weighted by atomic mass is 10.0. The third-order valence-electron chi connectivity index (χ3n) is 4.10. The predicted octanol–water partition coefficient (Wildman–Crippen LogP) is 4.97. The Labute approximate surface area is 192 Å². The Morgan fingerprint density at radius 2 is 1.87 bits per heavy atom. The van der Waals surface area contributed by atoms with Crippen LogP contribution in [0.4, 0.5) is 0 Å². The van der Waals surface area contributed by atoms with E-state index in [9.17, 15) is 13.2 Å². The minimum absolute atomic E-state index is 0.0641. The Balaban J connectivity index is 2.03. The van der Waals surface area contributed by atoms with Crippen LogP contribution >= 0.6 is 34.8 Å². The summed E-state index contributed by atoms with van der Waals surface area (Å²) in [5.41, 5.74) is 1.76. The molecule has 0 unspecified atom stereocenters. The van der Waals surface area contributed by atoms with Crippen molar-refractivity contribution in [1.82, 2.24) is 0 Å². The molecule has 2 rings (SSSR count). The Kier molecular flexibility index (Phi) is 9.75. The zero-order valence-electron chi connectivity index (χ0n) is 16.5. The molecule has 0 fully saturated rings. The van der Waals surface area contributed by atoms with E-state index < -0.39 is 9.84 Å². The van der Waals surface area contributed by atoms with Crippen molar-refractivity contribution in [2.75, 3.05) is 31.1 Å². The standard InChI is InChI=1S/C21H23Cl3O5S/c1-30(26,27)11-8-17(25)14-29-18-5-2-4-15(13-18)12-16-6-7-19(23)21(20(16)24)28-10-3-9-22/h2,4-7,13H,3,8-12,14H2,1H3. The van der Waals surface area contributed by atoms with Crippen molar-refractivity contribution >= 4 is 50.4 Å². The summed E-state index contributed by atoms with van der Waals surface area (Å²) in [7, 11) is -3.18. The van der Waals surface area contributed by atoms with Crippen LogP contribution in [0.25, 0.3) is 0 Å². The smallest absolute Gasteiger partial charge is 0.171 e. The molecule has 0 aliphatic rings. The van der Waals surface area contributed by atoms with Gasteiger partial charge in [-0.25, -0.2) is 8.42 Å². The average molecular weight is 494 g/mol. The molecule has 0 spiro atoms. The molecule has 0 aliphatic carbocycles. The maximum atomic E-state index is 11.8. The highest BCUT2D eigenvalue weighted by Gasteiger charge is 2.13. The highest BCUT2D eigenvalue weighted by atomic mass is 35.5. The number of ether oxygens (including phenoxy) is 2. The molecule has 0 saturated carbocycles. The van der Waals surface area contributed by atoms with E-state index in [2.05, 4.69) is 0 Å². The molecule has 0 aromatic heterocycles. The van der Waals surface area contributed by atoms with Crippen molar-refractivity contribution in [3.8, 4) is 11.5 Å². The van der Waals surface area contributed by atoms with Crippen LogP contribution in [0.2, 0.25) is 10.0 Å². The van der Waals surface area contributed by atoms with E-state index in [1.54, 1.807) is 12.1 Å². The largest absolute Gasteiger partial charge is 0.490 e. The summed E-state index contributed by atoms with van der Waals surface area (Å²) in [6, 6.07) is 10.8. The number of sulfone groups is 1. The van der Waals surface area contributed by atoms with Gasteiger partial charge in [0.15, 0.2) is 11.5 Å². The number of Topliss-reactive ketones (excluding diaryl/α,β-unsaturated/α-hetero) is 1. The molecule has 0 amide bonds. The molecular formula is C21H23Cl3O5S. The number of carbonyl (C=O) groups excluding carboxylic acids is 1. The third kappa shape index (κ3) is 8.34. The van der Waals surface area contributed by atoms with Gasteiger partial charge in [-0.3, -0.25) is 4.79 Å². The van der Waals surface area contributed by atoms with E-state index in [-0.39, 0.29) is 24.6 Å². The lowest BCUT2D eigenvalue weighted by molar-refractivity contribution is -0.120. The molecule has 0 N–H and O–H groups in total. The lowest BCUT2D eigenvalue weighted by Gasteiger charge is -2.13. The Morgan fingerprint density at radius 1 is 1.10 bits per heavy atom. The lowest BCUT2D eigenvalue weighted by Crippen LogP contribution is -2.15. The zero-order chi connectivity index (χ0) is 22.1. The van der Waals surface area contributed by atoms with Crippen LogP contribution in [0.5, 0.6) is 11.5 Å². The maximum Gasteiger partial charge on any atom is 0.171 e. The van der Waals surface area contributed by atoms with Crippen molar-refractivity contribution < 1.29 is 22.7 Å². The SMILES string of the molecule is CS(=O)(=O)CCC(=O)COc1cccc(Cc2ccc(Cl)c(OCCCCl)c2Cl)c1. The molecule has 0 bridgehead atoms. The topological polar surface area (TPSA) is 69.7 Å². The summed E-state index contributed by atoms with van der Waals surface area (Å²) >= 11 is 18.4. The second-order valence-corrected chi connectivity index (χ2v) is 10.2. The molecule has 2 aromatic rings. The average Bonchev–Trinajstić information content (AvgIpc) is 2.69. The first-order valence-corrected chi connectivity index (χ1v) is 12.6. The van der Waals surface area contributed by atoms with Crippen LogP contribution in [0.3, 0.4) is 0 Å². The Bertz CT molecular complexity index is 977.